The van der Waals surface area contributed by atoms with Crippen LogP contribution < -0.4 is 0 Å². The van der Waals surface area contributed by atoms with Crippen LogP contribution in [-0.2, 0) is 9.59 Å². The molecular formula is C16H14N4O2. The summed E-state index contributed by atoms with van der Waals surface area (Å²) in [6.07, 6.45) is 10.2. The molecule has 0 bridgehead atoms. The van der Waals surface area contributed by atoms with Crippen LogP contribution in [0.2, 0.25) is 0 Å². The Balaban J connectivity index is 1.74. The lowest BCUT2D eigenvalue weighted by molar-refractivity contribution is -0.121. The third-order valence-electron chi connectivity index (χ3n) is 6.02. The molecule has 4 aliphatic rings. The van der Waals surface area contributed by atoms with Crippen molar-refractivity contribution < 1.29 is 19.2 Å². The van der Waals surface area contributed by atoms with Crippen LogP contribution in [0.5, 0.6) is 0 Å². The number of allylic oxidation sites excluding steroid dienone is 4. The van der Waals surface area contributed by atoms with Crippen molar-refractivity contribution in [3.05, 3.63) is 35.4 Å². The predicted octanol–water partition coefficient (Wildman–Crippen LogP) is 0.822. The first-order valence-electron chi connectivity index (χ1n) is 7.48. The fraction of sp³-hybridized carbons (Fsp3) is 0.500. The second-order valence-corrected chi connectivity index (χ2v) is 6.58. The summed E-state index contributed by atoms with van der Waals surface area (Å²) in [6.45, 7) is 0. The summed E-state index contributed by atoms with van der Waals surface area (Å²) >= 11 is 0. The van der Waals surface area contributed by atoms with E-state index in [0.29, 0.717) is 0 Å². The maximum atomic E-state index is 12.3. The summed E-state index contributed by atoms with van der Waals surface area (Å²) in [5.74, 6) is 0.239. The van der Waals surface area contributed by atoms with Crippen molar-refractivity contribution in [2.24, 2.45) is 47.3 Å². The van der Waals surface area contributed by atoms with Crippen molar-refractivity contribution in [1.29, 1.82) is 0 Å². The first-order chi connectivity index (χ1) is 10.7. The molecule has 2 unspecified atom stereocenters. The number of carbonyl (C=O) groups excluding carboxylic acids is 2. The summed E-state index contributed by atoms with van der Waals surface area (Å²) in [7, 11) is 0. The van der Waals surface area contributed by atoms with E-state index in [0.717, 1.165) is 12.4 Å². The summed E-state index contributed by atoms with van der Waals surface area (Å²) in [5.41, 5.74) is 17.3. The SMILES string of the molecule is [N-]=[N+]=CC(=O)C1[C@H]2C=C[C@H]3C(C(=O)C=[N+]=[N-])[C@@H]4C=C[C@H]1C4C23. The van der Waals surface area contributed by atoms with E-state index in [1.165, 1.54) is 0 Å². The van der Waals surface area contributed by atoms with Crippen LogP contribution in [0.1, 0.15) is 0 Å². The molecule has 0 aliphatic heterocycles. The number of ketones is 2. The summed E-state index contributed by atoms with van der Waals surface area (Å²) in [5, 5.41) is 0. The Morgan fingerprint density at radius 2 is 1.05 bits per heavy atom. The Kier molecular flexibility index (Phi) is 2.73. The second-order valence-electron chi connectivity index (χ2n) is 6.58. The van der Waals surface area contributed by atoms with Gasteiger partial charge in [-0.05, 0) is 35.5 Å². The maximum absolute atomic E-state index is 12.3. The van der Waals surface area contributed by atoms with Crippen molar-refractivity contribution in [2.45, 2.75) is 0 Å². The summed E-state index contributed by atoms with van der Waals surface area (Å²) in [6, 6.07) is 0. The van der Waals surface area contributed by atoms with Gasteiger partial charge in [0.1, 0.15) is 0 Å². The third kappa shape index (κ3) is 1.46. The summed E-state index contributed by atoms with van der Waals surface area (Å²) < 4.78 is 0. The van der Waals surface area contributed by atoms with Crippen molar-refractivity contribution in [1.82, 2.24) is 0 Å². The predicted molar refractivity (Wildman–Crippen MR) is 75.6 cm³/mol. The van der Waals surface area contributed by atoms with Crippen LogP contribution in [0.4, 0.5) is 0 Å². The van der Waals surface area contributed by atoms with Crippen molar-refractivity contribution >= 4 is 24.0 Å². The molecule has 4 aliphatic carbocycles. The van der Waals surface area contributed by atoms with Crippen LogP contribution in [0.15, 0.2) is 24.3 Å². The van der Waals surface area contributed by atoms with E-state index in [2.05, 4.69) is 9.58 Å². The molecule has 0 radical (unpaired) electrons. The van der Waals surface area contributed by atoms with Gasteiger partial charge in [0, 0.05) is 11.8 Å². The Hall–Kier alpha value is -2.42. The molecule has 4 rings (SSSR count). The molecule has 6 atom stereocenters. The molecule has 0 spiro atoms. The highest BCUT2D eigenvalue weighted by atomic mass is 16.1. The zero-order valence-electron chi connectivity index (χ0n) is 11.7. The van der Waals surface area contributed by atoms with Crippen molar-refractivity contribution in [2.75, 3.05) is 0 Å². The first kappa shape index (κ1) is 13.3. The number of nitrogens with zero attached hydrogens (tertiary/aromatic N) is 4. The lowest BCUT2D eigenvalue weighted by atomic mass is 9.80. The first-order valence-corrected chi connectivity index (χ1v) is 7.48. The van der Waals surface area contributed by atoms with E-state index in [-0.39, 0.29) is 58.9 Å². The lowest BCUT2D eigenvalue weighted by Gasteiger charge is -2.20. The van der Waals surface area contributed by atoms with Crippen molar-refractivity contribution in [3.63, 3.8) is 0 Å². The molecule has 0 aromatic carbocycles. The van der Waals surface area contributed by atoms with Gasteiger partial charge >= 0.3 is 12.4 Å². The summed E-state index contributed by atoms with van der Waals surface area (Å²) in [4.78, 5) is 30.3. The molecule has 6 heteroatoms. The minimum absolute atomic E-state index is 0.0989. The molecule has 0 saturated heterocycles. The maximum Gasteiger partial charge on any atom is 0.323 e. The highest BCUT2D eigenvalue weighted by Crippen LogP contribution is 2.67. The van der Waals surface area contributed by atoms with E-state index in [4.69, 9.17) is 11.1 Å². The highest BCUT2D eigenvalue weighted by molar-refractivity contribution is 6.27. The van der Waals surface area contributed by atoms with Crippen LogP contribution in [0.25, 0.3) is 11.1 Å². The van der Waals surface area contributed by atoms with E-state index in [1.807, 2.05) is 24.3 Å². The molecule has 6 nitrogen and oxygen atoms in total. The Morgan fingerprint density at radius 1 is 0.727 bits per heavy atom. The minimum atomic E-state index is -0.198. The standard InChI is InChI=1S/C16H14N4O2/c17-19-5-11(21)13-7-1-2-8-14(12(22)6-20-18)10-4-3-9(13)16(10)15(7)8/h1-10,13-16H/t7-,8+,9-,10+,13?,14?,15?,16?. The molecule has 0 aromatic heterocycles. The largest absolute Gasteiger partial charge is 0.361 e. The van der Waals surface area contributed by atoms with E-state index < -0.39 is 0 Å². The lowest BCUT2D eigenvalue weighted by Crippen LogP contribution is -2.29. The monoisotopic (exact) mass is 294 g/mol. The van der Waals surface area contributed by atoms with Gasteiger partial charge < -0.3 is 11.1 Å². The zero-order valence-corrected chi connectivity index (χ0v) is 11.7. The zero-order chi connectivity index (χ0) is 15.4. The fourth-order valence-electron chi connectivity index (χ4n) is 5.56. The fourth-order valence-corrected chi connectivity index (χ4v) is 5.56. The Labute approximate surface area is 126 Å². The number of rotatable bonds is 4. The van der Waals surface area contributed by atoms with Gasteiger partial charge in [-0.3, -0.25) is 9.59 Å². The van der Waals surface area contributed by atoms with Gasteiger partial charge in [0.15, 0.2) is 0 Å². The van der Waals surface area contributed by atoms with Crippen LogP contribution in [-0.4, -0.2) is 33.6 Å². The van der Waals surface area contributed by atoms with Crippen LogP contribution >= 0.6 is 0 Å². The topological polar surface area (TPSA) is 107 Å². The highest BCUT2D eigenvalue weighted by Gasteiger charge is 2.66. The minimum Gasteiger partial charge on any atom is -0.361 e. The van der Waals surface area contributed by atoms with Gasteiger partial charge in [-0.1, -0.05) is 24.3 Å². The Bertz CT molecular complexity index is 636. The number of hydrogen-bond acceptors (Lipinski definition) is 2. The van der Waals surface area contributed by atoms with Crippen LogP contribution in [0.3, 0.4) is 0 Å². The van der Waals surface area contributed by atoms with Gasteiger partial charge in [0.05, 0.1) is 0 Å². The third-order valence-corrected chi connectivity index (χ3v) is 6.02. The van der Waals surface area contributed by atoms with Gasteiger partial charge in [-0.2, -0.15) is 9.58 Å². The molecule has 0 N–H and O–H groups in total. The van der Waals surface area contributed by atoms with Crippen LogP contribution in [0, 0.1) is 47.3 Å². The molecular weight excluding hydrogens is 280 g/mol. The molecule has 0 amide bonds. The average molecular weight is 294 g/mol. The number of hydrogen-bond donors (Lipinski definition) is 0. The normalized spacial score (nSPS) is 45.3. The van der Waals surface area contributed by atoms with Gasteiger partial charge in [0.2, 0.25) is 11.6 Å². The van der Waals surface area contributed by atoms with E-state index in [9.17, 15) is 9.59 Å². The average Bonchev–Trinajstić information content (AvgIpc) is 3.17. The molecule has 2 saturated carbocycles. The van der Waals surface area contributed by atoms with Crippen molar-refractivity contribution in [3.8, 4) is 0 Å². The quantitative estimate of drug-likeness (QED) is 0.331. The van der Waals surface area contributed by atoms with Gasteiger partial charge in [-0.25, -0.2) is 0 Å². The molecule has 110 valence electrons. The number of carbonyl (C=O) groups is 2. The second kappa shape index (κ2) is 4.54. The van der Waals surface area contributed by atoms with E-state index in [1.54, 1.807) is 0 Å². The molecule has 2 fully saturated rings. The van der Waals surface area contributed by atoms with Gasteiger partial charge in [-0.15, -0.1) is 0 Å². The smallest absolute Gasteiger partial charge is 0.323 e. The molecule has 0 heterocycles. The molecule has 22 heavy (non-hydrogen) atoms. The van der Waals surface area contributed by atoms with Gasteiger partial charge in [0.25, 0.3) is 0 Å². The molecule has 0 aromatic rings. The van der Waals surface area contributed by atoms with E-state index >= 15 is 0 Å². The Morgan fingerprint density at radius 3 is 1.32 bits per heavy atom. The number of Topliss-reactive ketones (excluding diaryl/α,β-unsaturated/α-hetero) is 2.